The van der Waals surface area contributed by atoms with Crippen LogP contribution in [0.25, 0.3) is 21.9 Å². The van der Waals surface area contributed by atoms with Crippen LogP contribution in [0, 0.1) is 6.92 Å². The highest BCUT2D eigenvalue weighted by Gasteiger charge is 2.49. The molecule has 0 radical (unpaired) electrons. The Balaban J connectivity index is 2.47. The minimum atomic E-state index is -5.87. The van der Waals surface area contributed by atoms with Crippen molar-refractivity contribution in [3.63, 3.8) is 0 Å². The van der Waals surface area contributed by atoms with Crippen molar-refractivity contribution in [3.05, 3.63) is 54.1 Å². The Morgan fingerprint density at radius 3 is 2.19 bits per heavy atom. The van der Waals surface area contributed by atoms with E-state index in [1.54, 1.807) is 24.3 Å². The predicted molar refractivity (Wildman–Crippen MR) is 119 cm³/mol. The van der Waals surface area contributed by atoms with Crippen LogP contribution in [0.1, 0.15) is 5.56 Å². The summed E-state index contributed by atoms with van der Waals surface area (Å²) in [4.78, 5) is 0. The molecule has 0 aliphatic rings. The maximum absolute atomic E-state index is 13.2. The molecule has 0 aliphatic carbocycles. The van der Waals surface area contributed by atoms with Gasteiger partial charge in [-0.3, -0.25) is 0 Å². The molecule has 0 aromatic heterocycles. The summed E-state index contributed by atoms with van der Waals surface area (Å²) in [6, 6.07) is 14.2. The van der Waals surface area contributed by atoms with Gasteiger partial charge in [-0.15, -0.1) is 0 Å². The van der Waals surface area contributed by atoms with Gasteiger partial charge < -0.3 is 8.92 Å². The second kappa shape index (κ2) is 7.87. The van der Waals surface area contributed by atoms with Gasteiger partial charge in [-0.25, -0.2) is 0 Å². The zero-order valence-corrected chi connectivity index (χ0v) is 19.6. The van der Waals surface area contributed by atoms with Crippen LogP contribution in [0.4, 0.5) is 13.2 Å². The Bertz CT molecular complexity index is 1250. The number of hydrogen-bond acceptors (Lipinski definition) is 4. The Labute approximate surface area is 180 Å². The van der Waals surface area contributed by atoms with E-state index in [4.69, 9.17) is 8.92 Å². The van der Waals surface area contributed by atoms with Gasteiger partial charge in [-0.05, 0) is 35.0 Å². The number of benzene rings is 3. The first-order chi connectivity index (χ1) is 14.3. The van der Waals surface area contributed by atoms with Gasteiger partial charge in [-0.1, -0.05) is 61.6 Å². The quantitative estimate of drug-likeness (QED) is 0.278. The number of aryl methyl sites for hydroxylation is 1. The molecule has 0 spiro atoms. The molecule has 3 aromatic rings. The van der Waals surface area contributed by atoms with E-state index in [-0.39, 0.29) is 11.3 Å². The highest BCUT2D eigenvalue weighted by atomic mass is 32.2. The Hall–Kier alpha value is -2.52. The van der Waals surface area contributed by atoms with Crippen molar-refractivity contribution < 1.29 is 30.5 Å². The molecule has 0 saturated heterocycles. The van der Waals surface area contributed by atoms with Gasteiger partial charge in [0.2, 0.25) is 0 Å². The van der Waals surface area contributed by atoms with Crippen LogP contribution >= 0.6 is 0 Å². The van der Waals surface area contributed by atoms with E-state index in [1.165, 1.54) is 7.11 Å². The number of ether oxygens (including phenoxy) is 1. The summed E-state index contributed by atoms with van der Waals surface area (Å²) in [5, 5.41) is 2.02. The molecule has 0 amide bonds. The Morgan fingerprint density at radius 2 is 1.61 bits per heavy atom. The van der Waals surface area contributed by atoms with Crippen LogP contribution in [0.2, 0.25) is 19.6 Å². The summed E-state index contributed by atoms with van der Waals surface area (Å²) >= 11 is 0. The lowest BCUT2D eigenvalue weighted by molar-refractivity contribution is -0.0499. The van der Waals surface area contributed by atoms with Crippen LogP contribution < -0.4 is 14.1 Å². The number of methoxy groups -OCH3 is 1. The minimum Gasteiger partial charge on any atom is -0.496 e. The summed E-state index contributed by atoms with van der Waals surface area (Å²) in [6.45, 7) is 7.56. The molecule has 0 heterocycles. The third kappa shape index (κ3) is 4.43. The van der Waals surface area contributed by atoms with E-state index in [2.05, 4.69) is 0 Å². The molecule has 0 atom stereocenters. The van der Waals surface area contributed by atoms with Crippen LogP contribution in [-0.4, -0.2) is 29.1 Å². The van der Waals surface area contributed by atoms with Crippen molar-refractivity contribution in [1.82, 2.24) is 0 Å². The zero-order valence-electron chi connectivity index (χ0n) is 17.8. The second-order valence-electron chi connectivity index (χ2n) is 8.29. The molecule has 0 bridgehead atoms. The molecule has 3 aromatic carbocycles. The zero-order chi connectivity index (χ0) is 23.2. The largest absolute Gasteiger partial charge is 0.534 e. The topological polar surface area (TPSA) is 52.6 Å². The van der Waals surface area contributed by atoms with E-state index in [0.29, 0.717) is 21.9 Å². The van der Waals surface area contributed by atoms with Crippen molar-refractivity contribution >= 4 is 34.2 Å². The fourth-order valence-corrected chi connectivity index (χ4v) is 5.56. The molecule has 9 heteroatoms. The van der Waals surface area contributed by atoms with E-state index >= 15 is 0 Å². The lowest BCUT2D eigenvalue weighted by Crippen LogP contribution is -2.41. The lowest BCUT2D eigenvalue weighted by atomic mass is 9.95. The van der Waals surface area contributed by atoms with Gasteiger partial charge in [-0.2, -0.15) is 21.6 Å². The first-order valence-corrected chi connectivity index (χ1v) is 14.4. The molecule has 0 saturated carbocycles. The maximum atomic E-state index is 13.2. The van der Waals surface area contributed by atoms with Crippen molar-refractivity contribution in [1.29, 1.82) is 0 Å². The standard InChI is InChI=1S/C22H23F3O4SSi/c1-14-12-17(20-16-9-7-6-8-15(16)10-11-18(20)28-2)21(19(13-14)31(3,4)5)29-30(26,27)22(23,24)25/h6-13H,1-5H3. The lowest BCUT2D eigenvalue weighted by Gasteiger charge is -2.25. The van der Waals surface area contributed by atoms with Crippen LogP contribution in [0.3, 0.4) is 0 Å². The van der Waals surface area contributed by atoms with Gasteiger partial charge in [0, 0.05) is 11.1 Å². The first kappa shape index (κ1) is 23.1. The summed E-state index contributed by atoms with van der Waals surface area (Å²) in [5.41, 5.74) is -4.04. The van der Waals surface area contributed by atoms with Crippen LogP contribution in [0.15, 0.2) is 48.5 Å². The van der Waals surface area contributed by atoms with Crippen molar-refractivity contribution in [2.24, 2.45) is 0 Å². The number of alkyl halides is 3. The third-order valence-electron chi connectivity index (χ3n) is 4.90. The number of hydrogen-bond donors (Lipinski definition) is 0. The highest BCUT2D eigenvalue weighted by Crippen LogP contribution is 2.43. The first-order valence-electron chi connectivity index (χ1n) is 9.48. The molecule has 0 fully saturated rings. The van der Waals surface area contributed by atoms with Gasteiger partial charge in [0.15, 0.2) is 0 Å². The third-order valence-corrected chi connectivity index (χ3v) is 7.84. The number of halogens is 3. The predicted octanol–water partition coefficient (Wildman–Crippen LogP) is 5.60. The van der Waals surface area contributed by atoms with E-state index in [0.717, 1.165) is 10.9 Å². The number of rotatable bonds is 5. The Kier molecular flexibility index (Phi) is 5.88. The highest BCUT2D eigenvalue weighted by molar-refractivity contribution is 7.88. The van der Waals surface area contributed by atoms with E-state index < -0.39 is 23.7 Å². The summed E-state index contributed by atoms with van der Waals surface area (Å²) in [6.07, 6.45) is 0. The molecule has 3 rings (SSSR count). The summed E-state index contributed by atoms with van der Waals surface area (Å²) < 4.78 is 74.1. The molecule has 31 heavy (non-hydrogen) atoms. The molecular formula is C22H23F3O4SSi. The second-order valence-corrected chi connectivity index (χ2v) is 14.9. The van der Waals surface area contributed by atoms with Gasteiger partial charge in [0.1, 0.15) is 11.5 Å². The SMILES string of the molecule is COc1ccc2ccccc2c1-c1cc(C)cc([Si](C)(C)C)c1OS(=O)(=O)C(F)(F)F. The van der Waals surface area contributed by atoms with Crippen LogP contribution in [-0.2, 0) is 10.1 Å². The maximum Gasteiger partial charge on any atom is 0.534 e. The molecule has 0 unspecified atom stereocenters. The molecule has 0 aliphatic heterocycles. The van der Waals surface area contributed by atoms with Crippen molar-refractivity contribution in [2.45, 2.75) is 32.1 Å². The van der Waals surface area contributed by atoms with Gasteiger partial charge >= 0.3 is 15.6 Å². The molecule has 166 valence electrons. The average molecular weight is 469 g/mol. The van der Waals surface area contributed by atoms with E-state index in [9.17, 15) is 21.6 Å². The molecule has 0 N–H and O–H groups in total. The monoisotopic (exact) mass is 468 g/mol. The molecule has 4 nitrogen and oxygen atoms in total. The van der Waals surface area contributed by atoms with Crippen molar-refractivity contribution in [3.8, 4) is 22.6 Å². The van der Waals surface area contributed by atoms with Gasteiger partial charge in [0.25, 0.3) is 0 Å². The van der Waals surface area contributed by atoms with Gasteiger partial charge in [0.05, 0.1) is 15.2 Å². The average Bonchev–Trinajstić information content (AvgIpc) is 2.66. The minimum absolute atomic E-state index is 0.249. The van der Waals surface area contributed by atoms with E-state index in [1.807, 2.05) is 50.8 Å². The summed E-state index contributed by atoms with van der Waals surface area (Å²) in [5.74, 6) is 0.108. The smallest absolute Gasteiger partial charge is 0.496 e. The Morgan fingerprint density at radius 1 is 0.968 bits per heavy atom. The van der Waals surface area contributed by atoms with Crippen molar-refractivity contribution in [2.75, 3.05) is 7.11 Å². The summed E-state index contributed by atoms with van der Waals surface area (Å²) in [7, 11) is -6.74. The van der Waals surface area contributed by atoms with Crippen LogP contribution in [0.5, 0.6) is 11.5 Å². The fraction of sp³-hybridized carbons (Fsp3) is 0.273. The normalized spacial score (nSPS) is 12.8. The number of fused-ring (bicyclic) bond motifs is 1. The fourth-order valence-electron chi connectivity index (χ4n) is 3.46. The molecular weight excluding hydrogens is 445 g/mol.